The van der Waals surface area contributed by atoms with E-state index in [9.17, 15) is 5.11 Å². The number of aliphatic hydroxyl groups excluding tert-OH is 1. The smallest absolute Gasteiger partial charge is 0.104 e. The van der Waals surface area contributed by atoms with Crippen LogP contribution in [0, 0.1) is 0 Å². The van der Waals surface area contributed by atoms with Crippen LogP contribution in [0.15, 0.2) is 54.6 Å². The zero-order valence-electron chi connectivity index (χ0n) is 9.71. The fourth-order valence-electron chi connectivity index (χ4n) is 2.19. The molecule has 0 saturated heterocycles. The van der Waals surface area contributed by atoms with Crippen molar-refractivity contribution in [2.75, 3.05) is 0 Å². The second-order valence-corrected chi connectivity index (χ2v) is 4.75. The lowest BCUT2D eigenvalue weighted by Crippen LogP contribution is -1.99. The summed E-state index contributed by atoms with van der Waals surface area (Å²) in [5, 5.41) is 10.2. The molecular formula is C16H16O. The Morgan fingerprint density at radius 2 is 1.41 bits per heavy atom. The van der Waals surface area contributed by atoms with E-state index in [2.05, 4.69) is 12.1 Å². The Bertz CT molecular complexity index is 483. The van der Waals surface area contributed by atoms with E-state index >= 15 is 0 Å². The summed E-state index contributed by atoms with van der Waals surface area (Å²) in [6.45, 7) is 0. The average Bonchev–Trinajstić information content (AvgIpc) is 3.24. The van der Waals surface area contributed by atoms with E-state index in [1.54, 1.807) is 0 Å². The molecule has 1 atom stereocenters. The molecule has 0 aliphatic heterocycles. The molecule has 17 heavy (non-hydrogen) atoms. The Hall–Kier alpha value is -1.60. The SMILES string of the molecule is OC(c1ccccc1)c1ccc(C2CC2)cc1. The third kappa shape index (κ3) is 2.25. The third-order valence-corrected chi connectivity index (χ3v) is 3.42. The molecule has 1 nitrogen and oxygen atoms in total. The van der Waals surface area contributed by atoms with E-state index in [0.29, 0.717) is 0 Å². The van der Waals surface area contributed by atoms with Crippen LogP contribution in [-0.2, 0) is 0 Å². The minimum atomic E-state index is -0.510. The maximum atomic E-state index is 10.2. The molecule has 2 aromatic rings. The first kappa shape index (κ1) is 10.5. The van der Waals surface area contributed by atoms with Crippen molar-refractivity contribution in [3.8, 4) is 0 Å². The Balaban J connectivity index is 1.83. The molecule has 1 unspecified atom stereocenters. The standard InChI is InChI=1S/C16H16O/c17-16(14-4-2-1-3-5-14)15-10-8-13(9-11-15)12-6-7-12/h1-5,8-12,16-17H,6-7H2. The predicted octanol–water partition coefficient (Wildman–Crippen LogP) is 3.65. The van der Waals surface area contributed by atoms with Crippen LogP contribution in [0.25, 0.3) is 0 Å². The molecule has 1 aliphatic rings. The molecule has 1 saturated carbocycles. The lowest BCUT2D eigenvalue weighted by atomic mass is 9.99. The lowest BCUT2D eigenvalue weighted by Gasteiger charge is -2.11. The molecule has 86 valence electrons. The summed E-state index contributed by atoms with van der Waals surface area (Å²) in [6.07, 6.45) is 2.13. The number of rotatable bonds is 3. The van der Waals surface area contributed by atoms with E-state index in [-0.39, 0.29) is 0 Å². The van der Waals surface area contributed by atoms with Crippen molar-refractivity contribution in [1.82, 2.24) is 0 Å². The molecule has 0 radical (unpaired) electrons. The molecular weight excluding hydrogens is 208 g/mol. The van der Waals surface area contributed by atoms with Gasteiger partial charge in [-0.05, 0) is 35.4 Å². The van der Waals surface area contributed by atoms with Gasteiger partial charge in [0.2, 0.25) is 0 Å². The molecule has 3 rings (SSSR count). The molecule has 0 aromatic heterocycles. The first-order valence-electron chi connectivity index (χ1n) is 6.17. The minimum Gasteiger partial charge on any atom is -0.384 e. The van der Waals surface area contributed by atoms with Gasteiger partial charge in [0.1, 0.15) is 6.10 Å². The Kier molecular flexibility index (Phi) is 2.69. The van der Waals surface area contributed by atoms with Gasteiger partial charge in [0.05, 0.1) is 0 Å². The van der Waals surface area contributed by atoms with Crippen molar-refractivity contribution in [3.63, 3.8) is 0 Å². The molecule has 1 heteroatoms. The van der Waals surface area contributed by atoms with Crippen LogP contribution in [0.2, 0.25) is 0 Å². The van der Waals surface area contributed by atoms with Gasteiger partial charge in [-0.3, -0.25) is 0 Å². The van der Waals surface area contributed by atoms with Gasteiger partial charge in [0, 0.05) is 0 Å². The zero-order chi connectivity index (χ0) is 11.7. The number of aliphatic hydroxyl groups is 1. The molecule has 0 amide bonds. The topological polar surface area (TPSA) is 20.2 Å². The third-order valence-electron chi connectivity index (χ3n) is 3.42. The number of hydrogen-bond acceptors (Lipinski definition) is 1. The highest BCUT2D eigenvalue weighted by Crippen LogP contribution is 2.40. The average molecular weight is 224 g/mol. The highest BCUT2D eigenvalue weighted by Gasteiger charge is 2.23. The highest BCUT2D eigenvalue weighted by atomic mass is 16.3. The van der Waals surface area contributed by atoms with Crippen LogP contribution in [0.1, 0.15) is 41.6 Å². The maximum absolute atomic E-state index is 10.2. The molecule has 0 heterocycles. The van der Waals surface area contributed by atoms with Crippen molar-refractivity contribution < 1.29 is 5.11 Å². The van der Waals surface area contributed by atoms with Crippen molar-refractivity contribution in [2.24, 2.45) is 0 Å². The van der Waals surface area contributed by atoms with Crippen LogP contribution < -0.4 is 0 Å². The number of benzene rings is 2. The Labute approximate surface area is 102 Å². The highest BCUT2D eigenvalue weighted by molar-refractivity contribution is 5.33. The quantitative estimate of drug-likeness (QED) is 0.843. The van der Waals surface area contributed by atoms with Crippen LogP contribution in [0.5, 0.6) is 0 Å². The normalized spacial score (nSPS) is 16.8. The van der Waals surface area contributed by atoms with E-state index < -0.39 is 6.10 Å². The molecule has 0 bridgehead atoms. The maximum Gasteiger partial charge on any atom is 0.104 e. The van der Waals surface area contributed by atoms with E-state index in [4.69, 9.17) is 0 Å². The molecule has 1 fully saturated rings. The molecule has 1 N–H and O–H groups in total. The van der Waals surface area contributed by atoms with Gasteiger partial charge in [0.15, 0.2) is 0 Å². The Morgan fingerprint density at radius 1 is 0.824 bits per heavy atom. The van der Waals surface area contributed by atoms with Gasteiger partial charge in [0.25, 0.3) is 0 Å². The summed E-state index contributed by atoms with van der Waals surface area (Å²) >= 11 is 0. The van der Waals surface area contributed by atoms with Crippen molar-refractivity contribution >= 4 is 0 Å². The van der Waals surface area contributed by atoms with Crippen LogP contribution in [0.3, 0.4) is 0 Å². The van der Waals surface area contributed by atoms with Crippen molar-refractivity contribution in [2.45, 2.75) is 24.9 Å². The summed E-state index contributed by atoms with van der Waals surface area (Å²) < 4.78 is 0. The second-order valence-electron chi connectivity index (χ2n) is 4.75. The molecule has 1 aliphatic carbocycles. The first-order chi connectivity index (χ1) is 8.34. The fraction of sp³-hybridized carbons (Fsp3) is 0.250. The number of hydrogen-bond donors (Lipinski definition) is 1. The van der Waals surface area contributed by atoms with Gasteiger partial charge < -0.3 is 5.11 Å². The fourth-order valence-corrected chi connectivity index (χ4v) is 2.19. The second kappa shape index (κ2) is 4.34. The summed E-state index contributed by atoms with van der Waals surface area (Å²) in [5.41, 5.74) is 3.33. The van der Waals surface area contributed by atoms with E-state index in [1.807, 2.05) is 42.5 Å². The lowest BCUT2D eigenvalue weighted by molar-refractivity contribution is 0.220. The van der Waals surface area contributed by atoms with Crippen molar-refractivity contribution in [3.05, 3.63) is 71.3 Å². The van der Waals surface area contributed by atoms with E-state index in [0.717, 1.165) is 17.0 Å². The van der Waals surface area contributed by atoms with Gasteiger partial charge >= 0.3 is 0 Å². The van der Waals surface area contributed by atoms with Gasteiger partial charge in [-0.1, -0.05) is 54.6 Å². The van der Waals surface area contributed by atoms with Crippen LogP contribution >= 0.6 is 0 Å². The van der Waals surface area contributed by atoms with E-state index in [1.165, 1.54) is 18.4 Å². The van der Waals surface area contributed by atoms with Gasteiger partial charge in [-0.2, -0.15) is 0 Å². The monoisotopic (exact) mass is 224 g/mol. The summed E-state index contributed by atoms with van der Waals surface area (Å²) in [4.78, 5) is 0. The minimum absolute atomic E-state index is 0.510. The Morgan fingerprint density at radius 3 is 2.00 bits per heavy atom. The van der Waals surface area contributed by atoms with Gasteiger partial charge in [-0.15, -0.1) is 0 Å². The van der Waals surface area contributed by atoms with Gasteiger partial charge in [-0.25, -0.2) is 0 Å². The first-order valence-corrected chi connectivity index (χ1v) is 6.17. The predicted molar refractivity (Wildman–Crippen MR) is 68.9 cm³/mol. The summed E-state index contributed by atoms with van der Waals surface area (Å²) in [5.74, 6) is 0.776. The summed E-state index contributed by atoms with van der Waals surface area (Å²) in [6, 6.07) is 18.2. The molecule has 0 spiro atoms. The van der Waals surface area contributed by atoms with Crippen molar-refractivity contribution in [1.29, 1.82) is 0 Å². The van der Waals surface area contributed by atoms with Crippen LogP contribution in [0.4, 0.5) is 0 Å². The zero-order valence-corrected chi connectivity index (χ0v) is 9.71. The summed E-state index contributed by atoms with van der Waals surface area (Å²) in [7, 11) is 0. The van der Waals surface area contributed by atoms with Crippen LogP contribution in [-0.4, -0.2) is 5.11 Å². The molecule has 2 aromatic carbocycles. The largest absolute Gasteiger partial charge is 0.384 e.